The SMILES string of the molecule is CCCCCCCCCC[C@H](O)[C@@H](O)CC#CCCCC(C)C. The molecule has 136 valence electrons. The van der Waals surface area contributed by atoms with E-state index in [1.807, 2.05) is 0 Å². The van der Waals surface area contributed by atoms with Crippen LogP contribution in [0, 0.1) is 17.8 Å². The van der Waals surface area contributed by atoms with E-state index in [9.17, 15) is 10.2 Å². The Morgan fingerprint density at radius 1 is 0.696 bits per heavy atom. The summed E-state index contributed by atoms with van der Waals surface area (Å²) in [5, 5.41) is 19.9. The first-order chi connectivity index (χ1) is 11.1. The maximum atomic E-state index is 9.95. The molecular formula is C21H40O2. The molecule has 2 N–H and O–H groups in total. The highest BCUT2D eigenvalue weighted by Gasteiger charge is 2.14. The Hall–Kier alpha value is -0.520. The van der Waals surface area contributed by atoms with E-state index in [0.29, 0.717) is 12.8 Å². The summed E-state index contributed by atoms with van der Waals surface area (Å²) in [6.45, 7) is 6.68. The molecule has 0 bridgehead atoms. The maximum absolute atomic E-state index is 9.95. The number of aliphatic hydroxyl groups excluding tert-OH is 2. The Bertz CT molecular complexity index is 301. The van der Waals surface area contributed by atoms with Crippen LogP contribution in [-0.2, 0) is 0 Å². The number of rotatable bonds is 14. The summed E-state index contributed by atoms with van der Waals surface area (Å²) in [6.07, 6.45) is 13.1. The molecule has 0 saturated heterocycles. The fourth-order valence-corrected chi connectivity index (χ4v) is 2.68. The molecule has 0 rings (SSSR count). The van der Waals surface area contributed by atoms with Crippen molar-refractivity contribution >= 4 is 0 Å². The van der Waals surface area contributed by atoms with Gasteiger partial charge in [0.25, 0.3) is 0 Å². The zero-order chi connectivity index (χ0) is 17.3. The van der Waals surface area contributed by atoms with Gasteiger partial charge < -0.3 is 10.2 Å². The minimum atomic E-state index is -0.683. The van der Waals surface area contributed by atoms with Crippen LogP contribution in [0.3, 0.4) is 0 Å². The third-order valence-electron chi connectivity index (χ3n) is 4.32. The van der Waals surface area contributed by atoms with Crippen LogP contribution in [0.15, 0.2) is 0 Å². The molecular weight excluding hydrogens is 284 g/mol. The van der Waals surface area contributed by atoms with Crippen molar-refractivity contribution in [2.24, 2.45) is 5.92 Å². The zero-order valence-electron chi connectivity index (χ0n) is 15.8. The summed E-state index contributed by atoms with van der Waals surface area (Å²) in [5.74, 6) is 6.85. The van der Waals surface area contributed by atoms with Gasteiger partial charge in [0.05, 0.1) is 12.2 Å². The highest BCUT2D eigenvalue weighted by molar-refractivity contribution is 5.00. The minimum Gasteiger partial charge on any atom is -0.390 e. The van der Waals surface area contributed by atoms with Crippen LogP contribution in [-0.4, -0.2) is 22.4 Å². The van der Waals surface area contributed by atoms with Gasteiger partial charge in [0, 0.05) is 12.8 Å². The first-order valence-electron chi connectivity index (χ1n) is 9.89. The van der Waals surface area contributed by atoms with Gasteiger partial charge in [-0.3, -0.25) is 0 Å². The maximum Gasteiger partial charge on any atom is 0.0907 e. The lowest BCUT2D eigenvalue weighted by atomic mass is 10.0. The zero-order valence-corrected chi connectivity index (χ0v) is 15.8. The summed E-state index contributed by atoms with van der Waals surface area (Å²) in [7, 11) is 0. The first kappa shape index (κ1) is 22.5. The lowest BCUT2D eigenvalue weighted by Gasteiger charge is -2.15. The predicted octanol–water partition coefficient (Wildman–Crippen LogP) is 5.46. The molecule has 0 aromatic rings. The Labute approximate surface area is 145 Å². The highest BCUT2D eigenvalue weighted by atomic mass is 16.3. The van der Waals surface area contributed by atoms with Crippen molar-refractivity contribution in [1.82, 2.24) is 0 Å². The van der Waals surface area contributed by atoms with Crippen molar-refractivity contribution in [3.63, 3.8) is 0 Å². The van der Waals surface area contributed by atoms with Gasteiger partial charge in [-0.25, -0.2) is 0 Å². The molecule has 0 unspecified atom stereocenters. The van der Waals surface area contributed by atoms with Crippen LogP contribution < -0.4 is 0 Å². The molecule has 0 heterocycles. The van der Waals surface area contributed by atoms with E-state index in [4.69, 9.17) is 0 Å². The summed E-state index contributed by atoms with van der Waals surface area (Å²) >= 11 is 0. The normalized spacial score (nSPS) is 13.7. The number of hydrogen-bond acceptors (Lipinski definition) is 2. The lowest BCUT2D eigenvalue weighted by Crippen LogP contribution is -2.25. The Balaban J connectivity index is 3.51. The van der Waals surface area contributed by atoms with Crippen LogP contribution in [0.2, 0.25) is 0 Å². The largest absolute Gasteiger partial charge is 0.390 e. The molecule has 0 aliphatic carbocycles. The van der Waals surface area contributed by atoms with Crippen LogP contribution in [0.4, 0.5) is 0 Å². The van der Waals surface area contributed by atoms with E-state index < -0.39 is 12.2 Å². The van der Waals surface area contributed by atoms with E-state index >= 15 is 0 Å². The van der Waals surface area contributed by atoms with E-state index in [1.54, 1.807) is 0 Å². The minimum absolute atomic E-state index is 0.403. The number of aliphatic hydroxyl groups is 2. The van der Waals surface area contributed by atoms with E-state index in [1.165, 1.54) is 44.9 Å². The molecule has 0 aromatic heterocycles. The van der Waals surface area contributed by atoms with Crippen molar-refractivity contribution in [2.45, 2.75) is 116 Å². The summed E-state index contributed by atoms with van der Waals surface area (Å²) in [5.41, 5.74) is 0. The topological polar surface area (TPSA) is 40.5 Å². The fourth-order valence-electron chi connectivity index (χ4n) is 2.68. The monoisotopic (exact) mass is 324 g/mol. The van der Waals surface area contributed by atoms with Gasteiger partial charge in [0.1, 0.15) is 0 Å². The van der Waals surface area contributed by atoms with E-state index in [2.05, 4.69) is 32.6 Å². The van der Waals surface area contributed by atoms with Crippen LogP contribution in [0.1, 0.15) is 104 Å². The average Bonchev–Trinajstić information content (AvgIpc) is 2.52. The summed E-state index contributed by atoms with van der Waals surface area (Å²) in [4.78, 5) is 0. The van der Waals surface area contributed by atoms with Crippen molar-refractivity contribution in [2.75, 3.05) is 0 Å². The van der Waals surface area contributed by atoms with Crippen molar-refractivity contribution in [1.29, 1.82) is 0 Å². The van der Waals surface area contributed by atoms with E-state index in [-0.39, 0.29) is 0 Å². The first-order valence-corrected chi connectivity index (χ1v) is 9.89. The lowest BCUT2D eigenvalue weighted by molar-refractivity contribution is 0.0165. The van der Waals surface area contributed by atoms with E-state index in [0.717, 1.165) is 31.6 Å². The van der Waals surface area contributed by atoms with Crippen molar-refractivity contribution in [3.8, 4) is 11.8 Å². The molecule has 2 heteroatoms. The van der Waals surface area contributed by atoms with Gasteiger partial charge in [-0.2, -0.15) is 0 Å². The van der Waals surface area contributed by atoms with Gasteiger partial charge in [0.15, 0.2) is 0 Å². The molecule has 2 atom stereocenters. The van der Waals surface area contributed by atoms with Crippen LogP contribution in [0.5, 0.6) is 0 Å². The quantitative estimate of drug-likeness (QED) is 0.329. The second-order valence-electron chi connectivity index (χ2n) is 7.24. The van der Waals surface area contributed by atoms with Crippen molar-refractivity contribution in [3.05, 3.63) is 0 Å². The van der Waals surface area contributed by atoms with Gasteiger partial charge in [-0.05, 0) is 18.8 Å². The van der Waals surface area contributed by atoms with Gasteiger partial charge >= 0.3 is 0 Å². The molecule has 0 radical (unpaired) electrons. The molecule has 0 saturated carbocycles. The Morgan fingerprint density at radius 2 is 1.30 bits per heavy atom. The smallest absolute Gasteiger partial charge is 0.0907 e. The summed E-state index contributed by atoms with van der Waals surface area (Å²) in [6, 6.07) is 0. The van der Waals surface area contributed by atoms with Gasteiger partial charge in [-0.15, -0.1) is 11.8 Å². The fraction of sp³-hybridized carbons (Fsp3) is 0.905. The average molecular weight is 325 g/mol. The molecule has 0 spiro atoms. The summed E-state index contributed by atoms with van der Waals surface area (Å²) < 4.78 is 0. The molecule has 0 fully saturated rings. The Kier molecular flexibility index (Phi) is 16.0. The second kappa shape index (κ2) is 16.3. The van der Waals surface area contributed by atoms with Crippen LogP contribution in [0.25, 0.3) is 0 Å². The molecule has 0 aromatic carbocycles. The standard InChI is InChI=1S/C21H40O2/c1-4-5-6-7-8-9-10-14-17-20(22)21(23)18-15-12-11-13-16-19(2)3/h19-23H,4-11,13-14,16-18H2,1-3H3/t20-,21-/m0/s1. The molecule has 2 nitrogen and oxygen atoms in total. The predicted molar refractivity (Wildman–Crippen MR) is 100 cm³/mol. The third kappa shape index (κ3) is 16.1. The molecule has 0 aliphatic heterocycles. The van der Waals surface area contributed by atoms with Gasteiger partial charge in [-0.1, -0.05) is 78.6 Å². The number of hydrogen-bond donors (Lipinski definition) is 2. The molecule has 23 heavy (non-hydrogen) atoms. The third-order valence-corrected chi connectivity index (χ3v) is 4.32. The Morgan fingerprint density at radius 3 is 1.91 bits per heavy atom. The van der Waals surface area contributed by atoms with Crippen LogP contribution >= 0.6 is 0 Å². The van der Waals surface area contributed by atoms with Crippen molar-refractivity contribution < 1.29 is 10.2 Å². The highest BCUT2D eigenvalue weighted by Crippen LogP contribution is 2.13. The van der Waals surface area contributed by atoms with Gasteiger partial charge in [0.2, 0.25) is 0 Å². The number of unbranched alkanes of at least 4 members (excludes halogenated alkanes) is 8. The second-order valence-corrected chi connectivity index (χ2v) is 7.24. The molecule has 0 amide bonds. The molecule has 0 aliphatic rings.